The standard InChI is InChI=1S/C19H11F7N2.BrH/c20-17(21,18(22,23)19(24,25)26)13-7-5-11(6-8-13)15-16-14-4-2-1-3-12(14)9-28(16)10-27-15;/h1-8,10H,9H2;1H/p-1. The molecule has 0 atom stereocenters. The minimum absolute atomic E-state index is 0. The van der Waals surface area contributed by atoms with Gasteiger partial charge in [-0.05, 0) is 5.56 Å². The molecule has 0 unspecified atom stereocenters. The summed E-state index contributed by atoms with van der Waals surface area (Å²) < 4.78 is 93.1. The molecule has 29 heavy (non-hydrogen) atoms. The highest BCUT2D eigenvalue weighted by Gasteiger charge is 2.73. The van der Waals surface area contributed by atoms with Gasteiger partial charge in [-0.25, -0.2) is 4.98 Å². The quantitative estimate of drug-likeness (QED) is 0.413. The second-order valence-electron chi connectivity index (χ2n) is 6.45. The summed E-state index contributed by atoms with van der Waals surface area (Å²) in [6.45, 7) is 0.576. The van der Waals surface area contributed by atoms with Crippen molar-refractivity contribution in [2.24, 2.45) is 0 Å². The van der Waals surface area contributed by atoms with Gasteiger partial charge in [-0.1, -0.05) is 48.5 Å². The zero-order valence-electron chi connectivity index (χ0n) is 14.3. The van der Waals surface area contributed by atoms with Crippen LogP contribution < -0.4 is 17.0 Å². The van der Waals surface area contributed by atoms with Gasteiger partial charge in [-0.15, -0.1) is 0 Å². The van der Waals surface area contributed by atoms with Crippen molar-refractivity contribution in [3.63, 3.8) is 0 Å². The summed E-state index contributed by atoms with van der Waals surface area (Å²) in [6, 6.07) is 10.8. The minimum Gasteiger partial charge on any atom is -1.00 e. The summed E-state index contributed by atoms with van der Waals surface area (Å²) in [4.78, 5) is 4.23. The van der Waals surface area contributed by atoms with E-state index >= 15 is 0 Å². The number of imidazole rings is 1. The molecule has 10 heteroatoms. The SMILES string of the molecule is FC(F)(F)C(F)(F)C(F)(F)c1ccc(-c2ncn3c2-c2ccccc2C3)cc1.[Br-]. The molecule has 0 spiro atoms. The van der Waals surface area contributed by atoms with E-state index in [2.05, 4.69) is 4.98 Å². The molecular weight excluding hydrogens is 469 g/mol. The third-order valence-electron chi connectivity index (χ3n) is 4.72. The summed E-state index contributed by atoms with van der Waals surface area (Å²) in [7, 11) is 0. The van der Waals surface area contributed by atoms with Crippen LogP contribution in [0.5, 0.6) is 0 Å². The Bertz CT molecular complexity index is 1040. The zero-order chi connectivity index (χ0) is 20.3. The zero-order valence-corrected chi connectivity index (χ0v) is 15.9. The molecule has 2 nitrogen and oxygen atoms in total. The minimum atomic E-state index is -6.37. The Kier molecular flexibility index (Phi) is 5.05. The maximum Gasteiger partial charge on any atom is 0.460 e. The van der Waals surface area contributed by atoms with Gasteiger partial charge >= 0.3 is 18.0 Å². The van der Waals surface area contributed by atoms with Crippen LogP contribution in [-0.4, -0.2) is 21.6 Å². The van der Waals surface area contributed by atoms with E-state index in [0.717, 1.165) is 29.0 Å². The lowest BCUT2D eigenvalue weighted by Crippen LogP contribution is -3.00. The number of aromatic nitrogens is 2. The van der Waals surface area contributed by atoms with Crippen LogP contribution in [0.1, 0.15) is 11.1 Å². The van der Waals surface area contributed by atoms with Gasteiger partial charge < -0.3 is 21.5 Å². The number of alkyl halides is 7. The van der Waals surface area contributed by atoms with Gasteiger partial charge in [0, 0.05) is 23.2 Å². The molecule has 1 aliphatic heterocycles. The van der Waals surface area contributed by atoms with E-state index in [1.165, 1.54) is 0 Å². The molecule has 0 saturated carbocycles. The van der Waals surface area contributed by atoms with Crippen molar-refractivity contribution in [2.75, 3.05) is 0 Å². The maximum atomic E-state index is 13.8. The Morgan fingerprint density at radius 3 is 2.07 bits per heavy atom. The molecule has 2 aromatic carbocycles. The third-order valence-corrected chi connectivity index (χ3v) is 4.72. The van der Waals surface area contributed by atoms with Crippen LogP contribution >= 0.6 is 0 Å². The van der Waals surface area contributed by atoms with Crippen LogP contribution in [0.2, 0.25) is 0 Å². The normalized spacial score (nSPS) is 13.6. The first-order valence-corrected chi connectivity index (χ1v) is 8.10. The van der Waals surface area contributed by atoms with Crippen LogP contribution in [0.3, 0.4) is 0 Å². The number of hydrogen-bond donors (Lipinski definition) is 0. The highest BCUT2D eigenvalue weighted by molar-refractivity contribution is 5.82. The molecule has 0 bridgehead atoms. The van der Waals surface area contributed by atoms with E-state index in [4.69, 9.17) is 0 Å². The van der Waals surface area contributed by atoms with Gasteiger partial charge in [0.2, 0.25) is 0 Å². The van der Waals surface area contributed by atoms with Crippen LogP contribution in [0.4, 0.5) is 30.7 Å². The lowest BCUT2D eigenvalue weighted by Gasteiger charge is -2.28. The first-order chi connectivity index (χ1) is 13.0. The van der Waals surface area contributed by atoms with Gasteiger partial charge in [0.05, 0.1) is 17.7 Å². The number of benzene rings is 2. The molecule has 0 fully saturated rings. The van der Waals surface area contributed by atoms with E-state index < -0.39 is 23.6 Å². The molecular formula is C19H11BrF7N2-. The van der Waals surface area contributed by atoms with Crippen molar-refractivity contribution >= 4 is 0 Å². The predicted octanol–water partition coefficient (Wildman–Crippen LogP) is 2.87. The molecule has 1 aliphatic rings. The van der Waals surface area contributed by atoms with Gasteiger partial charge in [-0.3, -0.25) is 0 Å². The molecule has 0 aliphatic carbocycles. The highest BCUT2D eigenvalue weighted by atomic mass is 79.9. The Morgan fingerprint density at radius 1 is 0.828 bits per heavy atom. The van der Waals surface area contributed by atoms with Gasteiger partial charge in [0.15, 0.2) is 0 Å². The second kappa shape index (κ2) is 6.86. The fourth-order valence-corrected chi connectivity index (χ4v) is 3.27. The Hall–Kier alpha value is -2.36. The monoisotopic (exact) mass is 479 g/mol. The topological polar surface area (TPSA) is 17.8 Å². The van der Waals surface area contributed by atoms with E-state index in [-0.39, 0.29) is 17.0 Å². The fraction of sp³-hybridized carbons (Fsp3) is 0.211. The van der Waals surface area contributed by atoms with Crippen LogP contribution in [0.25, 0.3) is 22.5 Å². The summed E-state index contributed by atoms with van der Waals surface area (Å²) >= 11 is 0. The molecule has 154 valence electrons. The maximum absolute atomic E-state index is 13.8. The molecule has 0 radical (unpaired) electrons. The summed E-state index contributed by atoms with van der Waals surface area (Å²) in [5.74, 6) is -11.6. The molecule has 0 amide bonds. The summed E-state index contributed by atoms with van der Waals surface area (Å²) in [5.41, 5.74) is 2.01. The Balaban J connectivity index is 0.00000240. The number of rotatable bonds is 3. The van der Waals surface area contributed by atoms with Crippen molar-refractivity contribution in [1.29, 1.82) is 0 Å². The van der Waals surface area contributed by atoms with Crippen molar-refractivity contribution < 1.29 is 47.7 Å². The number of halogens is 8. The van der Waals surface area contributed by atoms with Crippen LogP contribution in [0.15, 0.2) is 54.9 Å². The van der Waals surface area contributed by atoms with E-state index in [0.29, 0.717) is 29.9 Å². The molecule has 3 aromatic rings. The first-order valence-electron chi connectivity index (χ1n) is 8.10. The smallest absolute Gasteiger partial charge is 0.460 e. The van der Waals surface area contributed by atoms with Crippen LogP contribution in [-0.2, 0) is 12.5 Å². The highest BCUT2D eigenvalue weighted by Crippen LogP contribution is 2.52. The van der Waals surface area contributed by atoms with Crippen molar-refractivity contribution in [3.05, 3.63) is 66.0 Å². The van der Waals surface area contributed by atoms with E-state index in [9.17, 15) is 30.7 Å². The van der Waals surface area contributed by atoms with Crippen molar-refractivity contribution in [1.82, 2.24) is 9.55 Å². The predicted molar refractivity (Wildman–Crippen MR) is 87.1 cm³/mol. The van der Waals surface area contributed by atoms with Gasteiger partial charge in [-0.2, -0.15) is 30.7 Å². The van der Waals surface area contributed by atoms with Crippen LogP contribution in [0, 0.1) is 0 Å². The number of nitrogens with zero attached hydrogens (tertiary/aromatic N) is 2. The molecule has 0 N–H and O–H groups in total. The molecule has 4 rings (SSSR count). The number of fused-ring (bicyclic) bond motifs is 3. The lowest BCUT2D eigenvalue weighted by atomic mass is 9.98. The van der Waals surface area contributed by atoms with Gasteiger partial charge in [0.25, 0.3) is 0 Å². The summed E-state index contributed by atoms with van der Waals surface area (Å²) in [5, 5.41) is 0. The molecule has 1 aromatic heterocycles. The lowest BCUT2D eigenvalue weighted by molar-refractivity contribution is -0.359. The molecule has 0 saturated heterocycles. The van der Waals surface area contributed by atoms with E-state index in [1.807, 2.05) is 28.8 Å². The number of hydrogen-bond acceptors (Lipinski definition) is 1. The third kappa shape index (κ3) is 3.13. The Labute approximate surface area is 170 Å². The molecule has 2 heterocycles. The van der Waals surface area contributed by atoms with Gasteiger partial charge in [0.1, 0.15) is 0 Å². The summed E-state index contributed by atoms with van der Waals surface area (Å²) in [6.07, 6.45) is -4.81. The average Bonchev–Trinajstić information content (AvgIpc) is 3.20. The Morgan fingerprint density at radius 2 is 1.45 bits per heavy atom. The van der Waals surface area contributed by atoms with E-state index in [1.54, 1.807) is 6.33 Å². The second-order valence-corrected chi connectivity index (χ2v) is 6.45. The first kappa shape index (κ1) is 21.4. The average molecular weight is 480 g/mol. The van der Waals surface area contributed by atoms with Crippen molar-refractivity contribution in [3.8, 4) is 22.5 Å². The fourth-order valence-electron chi connectivity index (χ4n) is 3.27. The van der Waals surface area contributed by atoms with Crippen molar-refractivity contribution in [2.45, 2.75) is 24.6 Å². The largest absolute Gasteiger partial charge is 1.00 e.